The topological polar surface area (TPSA) is 120 Å². The Morgan fingerprint density at radius 2 is 1.81 bits per heavy atom. The first-order valence-corrected chi connectivity index (χ1v) is 16.5. The van der Waals surface area contributed by atoms with Crippen LogP contribution >= 0.6 is 11.6 Å². The highest BCUT2D eigenvalue weighted by Gasteiger charge is 2.29. The molecule has 11 nitrogen and oxygen atoms in total. The summed E-state index contributed by atoms with van der Waals surface area (Å²) in [5.41, 5.74) is 4.91. The maximum Gasteiger partial charge on any atom is 0.410 e. The van der Waals surface area contributed by atoms with Crippen molar-refractivity contribution in [3.63, 3.8) is 0 Å². The van der Waals surface area contributed by atoms with E-state index in [1.54, 1.807) is 19.1 Å². The van der Waals surface area contributed by atoms with E-state index in [9.17, 15) is 9.59 Å². The Morgan fingerprint density at radius 3 is 2.46 bits per heavy atom. The molecule has 1 aliphatic heterocycles. The van der Waals surface area contributed by atoms with Crippen molar-refractivity contribution >= 4 is 34.6 Å². The zero-order chi connectivity index (χ0) is 34.6. The number of hydrogen-bond donors (Lipinski definition) is 2. The van der Waals surface area contributed by atoms with Crippen LogP contribution in [0, 0.1) is 0 Å². The lowest BCUT2D eigenvalue weighted by atomic mass is 10.0. The van der Waals surface area contributed by atoms with E-state index >= 15 is 0 Å². The van der Waals surface area contributed by atoms with Crippen molar-refractivity contribution < 1.29 is 23.8 Å². The summed E-state index contributed by atoms with van der Waals surface area (Å²) in [6.45, 7) is 9.46. The van der Waals surface area contributed by atoms with Gasteiger partial charge in [0.25, 0.3) is 0 Å². The van der Waals surface area contributed by atoms with Gasteiger partial charge in [-0.25, -0.2) is 14.8 Å². The summed E-state index contributed by atoms with van der Waals surface area (Å²) in [4.78, 5) is 36.5. The van der Waals surface area contributed by atoms with Crippen LogP contribution in [-0.2, 0) is 34.4 Å². The molecule has 2 N–H and O–H groups in total. The second-order valence-electron chi connectivity index (χ2n) is 13.2. The molecule has 256 valence electrons. The number of fused-ring (bicyclic) bond motifs is 1. The lowest BCUT2D eigenvalue weighted by molar-refractivity contribution is -0.119. The Kier molecular flexibility index (Phi) is 10.9. The molecule has 0 bridgehead atoms. The molecule has 12 heteroatoms. The number of carbonyl (C=O) groups excluding carboxylic acids is 2. The van der Waals surface area contributed by atoms with E-state index in [1.165, 1.54) is 0 Å². The minimum atomic E-state index is -0.676. The smallest absolute Gasteiger partial charge is 0.410 e. The van der Waals surface area contributed by atoms with Crippen molar-refractivity contribution in [3.05, 3.63) is 64.8 Å². The van der Waals surface area contributed by atoms with Crippen LogP contribution < -0.4 is 15.4 Å². The lowest BCUT2D eigenvalue weighted by Crippen LogP contribution is -2.43. The molecule has 4 aromatic rings. The second kappa shape index (κ2) is 14.9. The van der Waals surface area contributed by atoms with Crippen molar-refractivity contribution in [2.45, 2.75) is 71.4 Å². The fourth-order valence-electron chi connectivity index (χ4n) is 5.78. The van der Waals surface area contributed by atoms with Crippen molar-refractivity contribution in [2.75, 3.05) is 27.3 Å². The van der Waals surface area contributed by atoms with Gasteiger partial charge in [-0.15, -0.1) is 0 Å². The third kappa shape index (κ3) is 8.26. The first kappa shape index (κ1) is 35.1. The number of pyridine rings is 2. The third-order valence-corrected chi connectivity index (χ3v) is 8.68. The summed E-state index contributed by atoms with van der Waals surface area (Å²) in [6.07, 6.45) is 2.84. The highest BCUT2D eigenvalue weighted by Crippen LogP contribution is 2.37. The van der Waals surface area contributed by atoms with Gasteiger partial charge in [-0.1, -0.05) is 29.8 Å². The van der Waals surface area contributed by atoms with Gasteiger partial charge in [0, 0.05) is 74.5 Å². The molecule has 0 saturated carbocycles. The first-order valence-electron chi connectivity index (χ1n) is 16.2. The Hall–Kier alpha value is -4.19. The van der Waals surface area contributed by atoms with Crippen LogP contribution in [-0.4, -0.2) is 76.5 Å². The maximum absolute atomic E-state index is 13.2. The number of nitrogens with one attached hydrogen (secondary N) is 2. The molecular weight excluding hydrogens is 632 g/mol. The zero-order valence-electron chi connectivity index (χ0n) is 28.7. The molecule has 0 unspecified atom stereocenters. The van der Waals surface area contributed by atoms with Gasteiger partial charge in [0.15, 0.2) is 0 Å². The van der Waals surface area contributed by atoms with Gasteiger partial charge >= 0.3 is 6.09 Å². The highest BCUT2D eigenvalue weighted by atomic mass is 35.5. The third-order valence-electron chi connectivity index (χ3n) is 8.28. The van der Waals surface area contributed by atoms with Crippen LogP contribution in [0.5, 0.6) is 5.88 Å². The molecule has 3 aromatic heterocycles. The molecule has 1 saturated heterocycles. The van der Waals surface area contributed by atoms with Crippen LogP contribution in [0.4, 0.5) is 4.79 Å². The number of nitrogens with zero attached hydrogens (tertiary/aromatic N) is 4. The predicted molar refractivity (Wildman–Crippen MR) is 187 cm³/mol. The number of aryl methyl sites for hydroxylation is 1. The van der Waals surface area contributed by atoms with E-state index in [-0.39, 0.29) is 24.6 Å². The summed E-state index contributed by atoms with van der Waals surface area (Å²) >= 11 is 7.06. The fraction of sp³-hybridized carbons (Fsp3) is 0.444. The molecule has 0 radical (unpaired) electrons. The van der Waals surface area contributed by atoms with Crippen LogP contribution in [0.2, 0.25) is 5.02 Å². The van der Waals surface area contributed by atoms with Gasteiger partial charge in [-0.3, -0.25) is 4.79 Å². The molecule has 1 aliphatic rings. The molecule has 2 atom stereocenters. The molecule has 5 rings (SSSR count). The molecule has 4 heterocycles. The molecule has 1 aromatic carbocycles. The fourth-order valence-corrected chi connectivity index (χ4v) is 6.10. The van der Waals surface area contributed by atoms with Crippen molar-refractivity contribution in [1.82, 2.24) is 30.1 Å². The van der Waals surface area contributed by atoms with Gasteiger partial charge in [0.2, 0.25) is 11.8 Å². The van der Waals surface area contributed by atoms with E-state index in [4.69, 9.17) is 35.8 Å². The number of carbonyl (C=O) groups is 2. The molecule has 0 aliphatic carbocycles. The van der Waals surface area contributed by atoms with Crippen LogP contribution in [0.3, 0.4) is 0 Å². The number of halogens is 1. The van der Waals surface area contributed by atoms with Crippen LogP contribution in [0.25, 0.3) is 33.5 Å². The minimum absolute atomic E-state index is 0.0175. The van der Waals surface area contributed by atoms with Gasteiger partial charge in [0.1, 0.15) is 11.2 Å². The SMILES string of the molecule is COc1nc(-c2cccc(-c3ccc4c(CNC[C@H](C)OC)cn(C)c4n3)c2Cl)ccc1CN(C[C@@H]1CCC(=O)N1)C(=O)OC(C)(C)C. The van der Waals surface area contributed by atoms with E-state index < -0.39 is 11.7 Å². The quantitative estimate of drug-likeness (QED) is 0.185. The van der Waals surface area contributed by atoms with Gasteiger partial charge in [-0.05, 0) is 63.9 Å². The monoisotopic (exact) mass is 676 g/mol. The molecule has 0 spiro atoms. The van der Waals surface area contributed by atoms with E-state index in [1.807, 2.05) is 75.7 Å². The number of aromatic nitrogens is 3. The van der Waals surface area contributed by atoms with Crippen LogP contribution in [0.15, 0.2) is 48.7 Å². The number of amides is 2. The Balaban J connectivity index is 1.40. The average molecular weight is 677 g/mol. The minimum Gasteiger partial charge on any atom is -0.481 e. The summed E-state index contributed by atoms with van der Waals surface area (Å²) in [5, 5.41) is 7.98. The Bertz CT molecular complexity index is 1780. The summed E-state index contributed by atoms with van der Waals surface area (Å²) in [5.74, 6) is 0.346. The summed E-state index contributed by atoms with van der Waals surface area (Å²) in [6, 6.07) is 13.5. The number of ether oxygens (including phenoxy) is 3. The molecule has 1 fully saturated rings. The van der Waals surface area contributed by atoms with Crippen molar-refractivity contribution in [3.8, 4) is 28.4 Å². The predicted octanol–water partition coefficient (Wildman–Crippen LogP) is 6.10. The van der Waals surface area contributed by atoms with Crippen molar-refractivity contribution in [2.24, 2.45) is 7.05 Å². The van der Waals surface area contributed by atoms with E-state index in [0.29, 0.717) is 48.1 Å². The van der Waals surface area contributed by atoms with Gasteiger partial charge in [0.05, 0.1) is 36.2 Å². The first-order chi connectivity index (χ1) is 22.9. The lowest BCUT2D eigenvalue weighted by Gasteiger charge is -2.29. The second-order valence-corrected chi connectivity index (χ2v) is 13.6. The highest BCUT2D eigenvalue weighted by molar-refractivity contribution is 6.36. The van der Waals surface area contributed by atoms with E-state index in [0.717, 1.165) is 40.0 Å². The molecule has 48 heavy (non-hydrogen) atoms. The number of hydrogen-bond acceptors (Lipinski definition) is 8. The maximum atomic E-state index is 13.2. The average Bonchev–Trinajstić information content (AvgIpc) is 3.61. The largest absolute Gasteiger partial charge is 0.481 e. The summed E-state index contributed by atoms with van der Waals surface area (Å²) < 4.78 is 18.8. The molecule has 2 amide bonds. The van der Waals surface area contributed by atoms with Gasteiger partial charge < -0.3 is 34.3 Å². The van der Waals surface area contributed by atoms with Crippen molar-refractivity contribution in [1.29, 1.82) is 0 Å². The number of benzene rings is 1. The van der Waals surface area contributed by atoms with E-state index in [2.05, 4.69) is 22.9 Å². The number of methoxy groups -OCH3 is 2. The Labute approximate surface area is 286 Å². The zero-order valence-corrected chi connectivity index (χ0v) is 29.5. The molecular formula is C36H45ClN6O5. The van der Waals surface area contributed by atoms with Gasteiger partial charge in [-0.2, -0.15) is 0 Å². The summed E-state index contributed by atoms with van der Waals surface area (Å²) in [7, 11) is 5.24. The Morgan fingerprint density at radius 1 is 1.10 bits per heavy atom. The standard InChI is InChI=1S/C36H45ClN6O5/c1-22(46-6)17-38-18-24-19-42(5)33-26(24)13-15-29(40-33)27-9-8-10-28(32(27)37)30-14-11-23(34(41-30)47-7)20-43(35(45)48-36(2,3)4)21-25-12-16-31(44)39-25/h8-11,13-15,19,22,25,38H,12,16-18,20-21H2,1-7H3,(H,39,44)/t22-,25-/m0/s1. The normalized spacial score (nSPS) is 15.4. The number of rotatable bonds is 12. The van der Waals surface area contributed by atoms with Crippen LogP contribution in [0.1, 0.15) is 51.7 Å².